The van der Waals surface area contributed by atoms with Crippen LogP contribution >= 0.6 is 0 Å². The van der Waals surface area contributed by atoms with Crippen molar-refractivity contribution >= 4 is 38.5 Å². The van der Waals surface area contributed by atoms with Crippen molar-refractivity contribution in [1.29, 1.82) is 5.41 Å². The number of piperidine rings is 1. The Hall–Kier alpha value is -3.67. The topological polar surface area (TPSA) is 147 Å². The minimum absolute atomic E-state index is 0.101. The van der Waals surface area contributed by atoms with Gasteiger partial charge >= 0.3 is 16.2 Å². The van der Waals surface area contributed by atoms with Gasteiger partial charge in [0.05, 0.1) is 18.8 Å². The summed E-state index contributed by atoms with van der Waals surface area (Å²) in [6.07, 6.45) is 1.90. The zero-order chi connectivity index (χ0) is 27.1. The van der Waals surface area contributed by atoms with Crippen molar-refractivity contribution in [3.05, 3.63) is 71.8 Å². The van der Waals surface area contributed by atoms with E-state index in [9.17, 15) is 13.2 Å². The van der Waals surface area contributed by atoms with E-state index in [2.05, 4.69) is 10.0 Å². The van der Waals surface area contributed by atoms with Gasteiger partial charge in [-0.15, -0.1) is 0 Å². The van der Waals surface area contributed by atoms with Crippen molar-refractivity contribution in [2.24, 2.45) is 5.73 Å². The van der Waals surface area contributed by atoms with Crippen LogP contribution in [0.2, 0.25) is 0 Å². The summed E-state index contributed by atoms with van der Waals surface area (Å²) in [7, 11) is -4.20. The van der Waals surface area contributed by atoms with Crippen LogP contribution in [0.5, 0.6) is 5.75 Å². The number of nitrogens with one attached hydrogen (secondary N) is 3. The second-order valence-electron chi connectivity index (χ2n) is 8.93. The van der Waals surface area contributed by atoms with Gasteiger partial charge in [0.1, 0.15) is 24.2 Å². The van der Waals surface area contributed by atoms with Crippen molar-refractivity contribution in [2.45, 2.75) is 32.4 Å². The Bertz CT molecular complexity index is 1390. The van der Waals surface area contributed by atoms with E-state index in [4.69, 9.17) is 20.6 Å². The third-order valence-electron chi connectivity index (χ3n) is 6.31. The quantitative estimate of drug-likeness (QED) is 0.166. The highest BCUT2D eigenvalue weighted by molar-refractivity contribution is 7.90. The van der Waals surface area contributed by atoms with Crippen molar-refractivity contribution in [3.63, 3.8) is 0 Å². The number of carbonyl (C=O) groups is 1. The zero-order valence-electron chi connectivity index (χ0n) is 21.3. The zero-order valence-corrected chi connectivity index (χ0v) is 22.1. The fourth-order valence-corrected chi connectivity index (χ4v) is 5.64. The van der Waals surface area contributed by atoms with Crippen LogP contribution in [0.15, 0.2) is 60.7 Å². The number of esters is 1. The van der Waals surface area contributed by atoms with Gasteiger partial charge in [0.15, 0.2) is 0 Å². The molecule has 11 heteroatoms. The summed E-state index contributed by atoms with van der Waals surface area (Å²) in [5.74, 6) is -0.205. The van der Waals surface area contributed by atoms with Crippen LogP contribution < -0.4 is 24.8 Å². The molecule has 1 heterocycles. The summed E-state index contributed by atoms with van der Waals surface area (Å²) in [5.41, 5.74) is 7.33. The molecule has 5 N–H and O–H groups in total. The number of nitrogens with two attached hydrogens (primary N) is 1. The number of fused-ring (bicyclic) bond motifs is 1. The first-order valence-electron chi connectivity index (χ1n) is 12.5. The van der Waals surface area contributed by atoms with Crippen molar-refractivity contribution in [3.8, 4) is 5.75 Å². The van der Waals surface area contributed by atoms with Crippen molar-refractivity contribution in [2.75, 3.05) is 30.5 Å². The number of nitrogen functional groups attached to an aromatic ring is 1. The second-order valence-corrected chi connectivity index (χ2v) is 10.6. The van der Waals surface area contributed by atoms with Gasteiger partial charge < -0.3 is 20.5 Å². The number of anilines is 1. The molecule has 0 amide bonds. The molecular weight excluding hydrogens is 506 g/mol. The van der Waals surface area contributed by atoms with Crippen LogP contribution in [0.25, 0.3) is 10.8 Å². The number of rotatable bonds is 11. The lowest BCUT2D eigenvalue weighted by Crippen LogP contribution is -2.43. The predicted octanol–water partition coefficient (Wildman–Crippen LogP) is 2.66. The molecule has 202 valence electrons. The van der Waals surface area contributed by atoms with Crippen LogP contribution in [0, 0.1) is 5.41 Å². The van der Waals surface area contributed by atoms with E-state index in [-0.39, 0.29) is 25.1 Å². The van der Waals surface area contributed by atoms with E-state index < -0.39 is 22.7 Å². The summed E-state index contributed by atoms with van der Waals surface area (Å²) in [5, 5.41) is 13.1. The predicted molar refractivity (Wildman–Crippen MR) is 148 cm³/mol. The highest BCUT2D eigenvalue weighted by atomic mass is 32.2. The summed E-state index contributed by atoms with van der Waals surface area (Å²) in [6.45, 7) is 2.95. The molecule has 38 heavy (non-hydrogen) atoms. The molecule has 1 fully saturated rings. The first kappa shape index (κ1) is 27.4. The maximum atomic E-state index is 13.5. The molecule has 0 spiro atoms. The van der Waals surface area contributed by atoms with Gasteiger partial charge in [-0.25, -0.2) is 0 Å². The molecule has 0 radical (unpaired) electrons. The summed E-state index contributed by atoms with van der Waals surface area (Å²) in [6, 6.07) is 17.9. The van der Waals surface area contributed by atoms with Crippen LogP contribution in [0.3, 0.4) is 0 Å². The summed E-state index contributed by atoms with van der Waals surface area (Å²) in [4.78, 5) is 11.9. The maximum Gasteiger partial charge on any atom is 0.321 e. The number of benzene rings is 3. The Morgan fingerprint density at radius 1 is 1.11 bits per heavy atom. The monoisotopic (exact) mass is 539 g/mol. The number of amidine groups is 1. The fourth-order valence-electron chi connectivity index (χ4n) is 4.47. The third kappa shape index (κ3) is 6.60. The van der Waals surface area contributed by atoms with Crippen LogP contribution in [0.4, 0.5) is 5.69 Å². The Kier molecular flexibility index (Phi) is 8.82. The van der Waals surface area contributed by atoms with E-state index in [1.807, 2.05) is 30.3 Å². The minimum Gasteiger partial charge on any atom is -0.490 e. The normalized spacial score (nSPS) is 14.2. The molecular formula is C27H33N5O5S. The molecule has 0 bridgehead atoms. The van der Waals surface area contributed by atoms with E-state index in [1.165, 1.54) is 0 Å². The minimum atomic E-state index is -4.20. The lowest BCUT2D eigenvalue weighted by molar-refractivity contribution is -0.141. The average molecular weight is 540 g/mol. The molecule has 0 atom stereocenters. The number of hydrogen-bond donors (Lipinski definition) is 4. The highest BCUT2D eigenvalue weighted by Crippen LogP contribution is 2.28. The van der Waals surface area contributed by atoms with Gasteiger partial charge in [-0.1, -0.05) is 36.4 Å². The van der Waals surface area contributed by atoms with Gasteiger partial charge in [-0.2, -0.15) is 13.1 Å². The molecule has 0 unspecified atom stereocenters. The molecule has 10 nitrogen and oxygen atoms in total. The highest BCUT2D eigenvalue weighted by Gasteiger charge is 2.26. The Morgan fingerprint density at radius 2 is 1.82 bits per heavy atom. The Morgan fingerprint density at radius 3 is 2.50 bits per heavy atom. The first-order valence-corrected chi connectivity index (χ1v) is 14.0. The van der Waals surface area contributed by atoms with E-state index in [0.29, 0.717) is 22.6 Å². The van der Waals surface area contributed by atoms with Crippen molar-refractivity contribution in [1.82, 2.24) is 10.0 Å². The lowest BCUT2D eigenvalue weighted by Gasteiger charge is -2.27. The average Bonchev–Trinajstić information content (AvgIpc) is 2.91. The maximum absolute atomic E-state index is 13.5. The lowest BCUT2D eigenvalue weighted by atomic mass is 9.98. The van der Waals surface area contributed by atoms with Gasteiger partial charge in [-0.3, -0.25) is 14.5 Å². The Labute approximate surface area is 222 Å². The molecule has 3 aromatic carbocycles. The van der Waals surface area contributed by atoms with Gasteiger partial charge in [0.25, 0.3) is 0 Å². The SMILES string of the molecule is CCOC(=O)CNS(=O)(=O)N(Cc1ccc2ccccc2c1C(=N)N)c1ccc(OC2CCNCC2)cc1. The molecule has 3 aromatic rings. The van der Waals surface area contributed by atoms with Crippen LogP contribution in [-0.4, -0.2) is 52.6 Å². The van der Waals surface area contributed by atoms with Gasteiger partial charge in [0, 0.05) is 5.56 Å². The molecule has 1 aliphatic rings. The smallest absolute Gasteiger partial charge is 0.321 e. The molecule has 0 aliphatic carbocycles. The van der Waals surface area contributed by atoms with E-state index >= 15 is 0 Å². The number of nitrogens with zero attached hydrogens (tertiary/aromatic N) is 1. The van der Waals surface area contributed by atoms with Gasteiger partial charge in [0.2, 0.25) is 0 Å². The van der Waals surface area contributed by atoms with Gasteiger partial charge in [-0.05, 0) is 73.5 Å². The number of carbonyl (C=O) groups excluding carboxylic acids is 1. The number of ether oxygens (including phenoxy) is 2. The molecule has 0 saturated carbocycles. The van der Waals surface area contributed by atoms with Crippen LogP contribution in [-0.2, 0) is 26.3 Å². The molecule has 1 saturated heterocycles. The fraction of sp³-hybridized carbons (Fsp3) is 0.333. The molecule has 1 aliphatic heterocycles. The molecule has 0 aromatic heterocycles. The number of hydrogen-bond acceptors (Lipinski definition) is 7. The molecule has 4 rings (SSSR count). The second kappa shape index (κ2) is 12.2. The van der Waals surface area contributed by atoms with Crippen LogP contribution in [0.1, 0.15) is 30.9 Å². The summed E-state index contributed by atoms with van der Waals surface area (Å²) < 4.78 is 41.4. The van der Waals surface area contributed by atoms with E-state index in [1.54, 1.807) is 37.3 Å². The summed E-state index contributed by atoms with van der Waals surface area (Å²) >= 11 is 0. The Balaban J connectivity index is 1.67. The first-order chi connectivity index (χ1) is 18.3. The largest absolute Gasteiger partial charge is 0.490 e. The van der Waals surface area contributed by atoms with E-state index in [0.717, 1.165) is 41.0 Å². The standard InChI is InChI=1S/C27H33N5O5S/c1-2-36-25(33)17-31-38(34,35)32(21-9-11-22(12-10-21)37-23-13-15-30-16-14-23)18-20-8-7-19-5-3-4-6-24(19)26(20)27(28)29/h3-12,23,30-31H,2,13-18H2,1H3,(H3,28,29). The van der Waals surface area contributed by atoms with Crippen molar-refractivity contribution < 1.29 is 22.7 Å². The third-order valence-corrected chi connectivity index (χ3v) is 7.74.